The van der Waals surface area contributed by atoms with Gasteiger partial charge in [0.1, 0.15) is 0 Å². The van der Waals surface area contributed by atoms with Crippen LogP contribution in [0.15, 0.2) is 11.1 Å². The Kier molecular flexibility index (Phi) is 4.01. The van der Waals surface area contributed by atoms with Gasteiger partial charge in [0, 0.05) is 5.69 Å². The molecule has 80 valence electrons. The molecule has 0 fully saturated rings. The normalized spacial score (nSPS) is 9.80. The van der Waals surface area contributed by atoms with E-state index < -0.39 is 0 Å². The van der Waals surface area contributed by atoms with E-state index in [-0.39, 0.29) is 0 Å². The Bertz CT molecular complexity index is 418. The molecule has 0 aliphatic heterocycles. The average Bonchev–Trinajstić information content (AvgIpc) is 2.21. The van der Waals surface area contributed by atoms with Crippen LogP contribution >= 0.6 is 12.2 Å². The summed E-state index contributed by atoms with van der Waals surface area (Å²) < 4.78 is 0. The second-order valence-corrected chi connectivity index (χ2v) is 3.68. The molecule has 0 unspecified atom stereocenters. The molecule has 0 atom stereocenters. The van der Waals surface area contributed by atoms with Crippen LogP contribution in [0.1, 0.15) is 30.5 Å². The van der Waals surface area contributed by atoms with E-state index >= 15 is 0 Å². The molecule has 0 saturated carbocycles. The van der Waals surface area contributed by atoms with E-state index in [1.54, 1.807) is 0 Å². The van der Waals surface area contributed by atoms with E-state index in [4.69, 9.17) is 5.73 Å². The third kappa shape index (κ3) is 2.25. The van der Waals surface area contributed by atoms with E-state index in [0.717, 1.165) is 29.8 Å². The summed E-state index contributed by atoms with van der Waals surface area (Å²) in [7, 11) is 0. The molecule has 15 heavy (non-hydrogen) atoms. The zero-order valence-electron chi connectivity index (χ0n) is 9.42. The van der Waals surface area contributed by atoms with E-state index in [9.17, 15) is 0 Å². The smallest absolute Gasteiger partial charge is 0.0804 e. The van der Waals surface area contributed by atoms with Gasteiger partial charge in [0.25, 0.3) is 0 Å². The van der Waals surface area contributed by atoms with Gasteiger partial charge in [0.05, 0.1) is 10.8 Å². The molecular formula is C12H16N2S. The minimum atomic E-state index is 0.857. The molecule has 2 nitrogen and oxygen atoms in total. The summed E-state index contributed by atoms with van der Waals surface area (Å²) in [5.41, 5.74) is 11.2. The highest BCUT2D eigenvalue weighted by molar-refractivity contribution is 7.78. The maximum Gasteiger partial charge on any atom is 0.0804 e. The van der Waals surface area contributed by atoms with Crippen LogP contribution in [0.5, 0.6) is 0 Å². The van der Waals surface area contributed by atoms with Crippen LogP contribution in [0.3, 0.4) is 0 Å². The van der Waals surface area contributed by atoms with Crippen LogP contribution in [0.2, 0.25) is 0 Å². The molecule has 0 aromatic heterocycles. The van der Waals surface area contributed by atoms with Gasteiger partial charge in [-0.15, -0.1) is 0 Å². The first-order chi connectivity index (χ1) is 7.15. The van der Waals surface area contributed by atoms with Crippen molar-refractivity contribution in [2.24, 2.45) is 4.99 Å². The van der Waals surface area contributed by atoms with Crippen molar-refractivity contribution in [2.75, 3.05) is 5.73 Å². The Hall–Kier alpha value is -1.18. The van der Waals surface area contributed by atoms with Crippen molar-refractivity contribution < 1.29 is 0 Å². The molecule has 0 saturated heterocycles. The summed E-state index contributed by atoms with van der Waals surface area (Å²) in [4.78, 5) is 4.14. The highest BCUT2D eigenvalue weighted by Gasteiger charge is 2.11. The van der Waals surface area contributed by atoms with Crippen molar-refractivity contribution in [3.8, 4) is 0 Å². The average molecular weight is 220 g/mol. The van der Waals surface area contributed by atoms with E-state index in [0.29, 0.717) is 0 Å². The van der Waals surface area contributed by atoms with E-state index in [1.165, 1.54) is 11.1 Å². The molecule has 0 aliphatic rings. The second kappa shape index (κ2) is 5.06. The third-order valence-corrected chi connectivity index (χ3v) is 2.70. The monoisotopic (exact) mass is 220 g/mol. The summed E-state index contributed by atoms with van der Waals surface area (Å²) in [6, 6.07) is 1.96. The number of benzene rings is 1. The van der Waals surface area contributed by atoms with Crippen molar-refractivity contribution in [1.82, 2.24) is 0 Å². The molecule has 0 bridgehead atoms. The van der Waals surface area contributed by atoms with Crippen LogP contribution < -0.4 is 5.73 Å². The quantitative estimate of drug-likeness (QED) is 0.481. The Morgan fingerprint density at radius 1 is 1.33 bits per heavy atom. The molecule has 0 aliphatic carbocycles. The zero-order chi connectivity index (χ0) is 11.4. The third-order valence-electron chi connectivity index (χ3n) is 2.61. The number of aryl methyl sites for hydroxylation is 1. The molecule has 1 aromatic carbocycles. The van der Waals surface area contributed by atoms with Crippen molar-refractivity contribution >= 4 is 28.8 Å². The van der Waals surface area contributed by atoms with Crippen LogP contribution in [-0.2, 0) is 12.8 Å². The van der Waals surface area contributed by atoms with Crippen LogP contribution in [-0.4, -0.2) is 5.16 Å². The molecule has 0 amide bonds. The van der Waals surface area contributed by atoms with Crippen LogP contribution in [0.4, 0.5) is 11.4 Å². The lowest BCUT2D eigenvalue weighted by molar-refractivity contribution is 1.03. The largest absolute Gasteiger partial charge is 0.398 e. The van der Waals surface area contributed by atoms with Gasteiger partial charge in [-0.2, -0.15) is 4.99 Å². The number of aliphatic imine (C=N–C) groups is 1. The number of rotatable bonds is 3. The maximum absolute atomic E-state index is 5.99. The van der Waals surface area contributed by atoms with Crippen molar-refractivity contribution in [1.29, 1.82) is 0 Å². The Balaban J connectivity index is 3.55. The minimum Gasteiger partial charge on any atom is -0.398 e. The number of hydrogen-bond acceptors (Lipinski definition) is 3. The minimum absolute atomic E-state index is 0.857. The summed E-state index contributed by atoms with van der Waals surface area (Å²) in [5.74, 6) is 0. The van der Waals surface area contributed by atoms with E-state index in [2.05, 4.69) is 36.2 Å². The summed E-state index contributed by atoms with van der Waals surface area (Å²) in [6.45, 7) is 6.21. The fraction of sp³-hybridized carbons (Fsp3) is 0.417. The zero-order valence-corrected chi connectivity index (χ0v) is 10.2. The van der Waals surface area contributed by atoms with Gasteiger partial charge in [-0.3, -0.25) is 0 Å². The first kappa shape index (κ1) is 11.9. The first-order valence-electron chi connectivity index (χ1n) is 5.14. The second-order valence-electron chi connectivity index (χ2n) is 3.50. The lowest BCUT2D eigenvalue weighted by atomic mass is 9.96. The Labute approximate surface area is 96.2 Å². The van der Waals surface area contributed by atoms with Gasteiger partial charge < -0.3 is 5.73 Å². The highest BCUT2D eigenvalue weighted by Crippen LogP contribution is 2.32. The van der Waals surface area contributed by atoms with Crippen molar-refractivity contribution in [3.63, 3.8) is 0 Å². The highest BCUT2D eigenvalue weighted by atomic mass is 32.1. The number of isothiocyanates is 1. The van der Waals surface area contributed by atoms with Crippen molar-refractivity contribution in [3.05, 3.63) is 22.8 Å². The molecule has 1 rings (SSSR count). The lowest BCUT2D eigenvalue weighted by Gasteiger charge is -2.14. The summed E-state index contributed by atoms with van der Waals surface area (Å²) >= 11 is 4.67. The molecule has 3 heteroatoms. The van der Waals surface area contributed by atoms with Gasteiger partial charge in [0.2, 0.25) is 0 Å². The van der Waals surface area contributed by atoms with Crippen LogP contribution in [0.25, 0.3) is 0 Å². The number of hydrogen-bond donors (Lipinski definition) is 1. The Morgan fingerprint density at radius 2 is 1.93 bits per heavy atom. The Morgan fingerprint density at radius 3 is 2.40 bits per heavy atom. The van der Waals surface area contributed by atoms with E-state index in [1.807, 2.05) is 13.0 Å². The van der Waals surface area contributed by atoms with Gasteiger partial charge in [-0.25, -0.2) is 0 Å². The predicted octanol–water partition coefficient (Wildman–Crippen LogP) is 3.44. The molecule has 0 heterocycles. The molecular weight excluding hydrogens is 204 g/mol. The lowest BCUT2D eigenvalue weighted by Crippen LogP contribution is -2.00. The van der Waals surface area contributed by atoms with Crippen molar-refractivity contribution in [2.45, 2.75) is 33.6 Å². The number of thiocarbonyl (C=S) groups is 1. The molecule has 0 spiro atoms. The maximum atomic E-state index is 5.99. The summed E-state index contributed by atoms with van der Waals surface area (Å²) in [5, 5.41) is 2.44. The standard InChI is InChI=1S/C12H16N2S/c1-4-9-10(5-2)12(14-7-15)8(3)6-11(9)13/h6H,4-5,13H2,1-3H3. The number of anilines is 1. The fourth-order valence-corrected chi connectivity index (χ4v) is 2.03. The van der Waals surface area contributed by atoms with Gasteiger partial charge in [-0.1, -0.05) is 13.8 Å². The molecule has 0 radical (unpaired) electrons. The molecule has 2 N–H and O–H groups in total. The fourth-order valence-electron chi connectivity index (χ4n) is 1.94. The van der Waals surface area contributed by atoms with Gasteiger partial charge in [-0.05, 0) is 54.7 Å². The molecule has 1 aromatic rings. The SMILES string of the molecule is CCc1c(N)cc(C)c(N=C=S)c1CC. The number of nitrogens with zero attached hydrogens (tertiary/aromatic N) is 1. The first-order valence-corrected chi connectivity index (χ1v) is 5.55. The topological polar surface area (TPSA) is 38.4 Å². The number of nitrogens with two attached hydrogens (primary N) is 1. The van der Waals surface area contributed by atoms with Crippen LogP contribution in [0, 0.1) is 6.92 Å². The summed E-state index contributed by atoms with van der Waals surface area (Å²) in [6.07, 6.45) is 1.85. The van der Waals surface area contributed by atoms with Gasteiger partial charge >= 0.3 is 0 Å². The predicted molar refractivity (Wildman–Crippen MR) is 69.0 cm³/mol. The number of nitrogen functional groups attached to an aromatic ring is 1. The van der Waals surface area contributed by atoms with Gasteiger partial charge in [0.15, 0.2) is 0 Å².